The largest absolute Gasteiger partial charge is 0.489 e. The first-order valence-electron chi connectivity index (χ1n) is 9.43. The Bertz CT molecular complexity index is 991. The lowest BCUT2D eigenvalue weighted by molar-refractivity contribution is 0.0939. The molecule has 2 aromatic carbocycles. The van der Waals surface area contributed by atoms with Gasteiger partial charge < -0.3 is 10.1 Å². The van der Waals surface area contributed by atoms with Gasteiger partial charge in [-0.1, -0.05) is 24.3 Å². The van der Waals surface area contributed by atoms with Gasteiger partial charge in [-0.3, -0.25) is 9.48 Å². The zero-order valence-corrected chi connectivity index (χ0v) is 17.1. The molecule has 5 heteroatoms. The average molecular weight is 377 g/mol. The molecule has 1 atom stereocenters. The SMILES string of the molecule is Cc1ccc(C)c(OCc2cccc(C(=O)NC(C)c3cn(C)nc3C)c2)c1. The van der Waals surface area contributed by atoms with Crippen LogP contribution < -0.4 is 10.1 Å². The maximum atomic E-state index is 12.7. The summed E-state index contributed by atoms with van der Waals surface area (Å²) in [6, 6.07) is 13.6. The average Bonchev–Trinajstić information content (AvgIpc) is 3.01. The molecule has 1 unspecified atom stereocenters. The van der Waals surface area contributed by atoms with Gasteiger partial charge >= 0.3 is 0 Å². The smallest absolute Gasteiger partial charge is 0.251 e. The molecule has 1 aromatic heterocycles. The zero-order chi connectivity index (χ0) is 20.3. The van der Waals surface area contributed by atoms with E-state index in [1.807, 2.05) is 71.3 Å². The summed E-state index contributed by atoms with van der Waals surface area (Å²) in [5.41, 5.74) is 5.78. The van der Waals surface area contributed by atoms with E-state index in [2.05, 4.69) is 22.5 Å². The molecule has 0 aliphatic heterocycles. The molecule has 0 radical (unpaired) electrons. The van der Waals surface area contributed by atoms with Crippen molar-refractivity contribution in [1.29, 1.82) is 0 Å². The molecule has 146 valence electrons. The summed E-state index contributed by atoms with van der Waals surface area (Å²) in [5.74, 6) is 0.764. The van der Waals surface area contributed by atoms with Crippen molar-refractivity contribution in [3.05, 3.63) is 82.2 Å². The van der Waals surface area contributed by atoms with Crippen molar-refractivity contribution in [2.45, 2.75) is 40.3 Å². The molecule has 3 rings (SSSR count). The monoisotopic (exact) mass is 377 g/mol. The van der Waals surface area contributed by atoms with Crippen molar-refractivity contribution in [2.24, 2.45) is 7.05 Å². The second-order valence-corrected chi connectivity index (χ2v) is 7.30. The Morgan fingerprint density at radius 2 is 1.96 bits per heavy atom. The lowest BCUT2D eigenvalue weighted by atomic mass is 10.1. The Kier molecular flexibility index (Phi) is 5.83. The zero-order valence-electron chi connectivity index (χ0n) is 17.1. The molecule has 1 N–H and O–H groups in total. The molecular formula is C23H27N3O2. The highest BCUT2D eigenvalue weighted by molar-refractivity contribution is 5.94. The van der Waals surface area contributed by atoms with Gasteiger partial charge in [0.2, 0.25) is 0 Å². The Morgan fingerprint density at radius 3 is 2.68 bits per heavy atom. The van der Waals surface area contributed by atoms with Crippen molar-refractivity contribution in [1.82, 2.24) is 15.1 Å². The summed E-state index contributed by atoms with van der Waals surface area (Å²) in [5, 5.41) is 7.39. The number of aryl methyl sites for hydroxylation is 4. The highest BCUT2D eigenvalue weighted by Gasteiger charge is 2.15. The van der Waals surface area contributed by atoms with Gasteiger partial charge in [-0.2, -0.15) is 5.10 Å². The second kappa shape index (κ2) is 8.30. The number of amides is 1. The van der Waals surface area contributed by atoms with Crippen LogP contribution in [0.3, 0.4) is 0 Å². The molecule has 1 amide bonds. The maximum absolute atomic E-state index is 12.7. The number of ether oxygens (including phenoxy) is 1. The molecular weight excluding hydrogens is 350 g/mol. The number of aromatic nitrogens is 2. The van der Waals surface area contributed by atoms with Crippen LogP contribution in [0, 0.1) is 20.8 Å². The molecule has 0 spiro atoms. The van der Waals surface area contributed by atoms with Crippen molar-refractivity contribution in [3.63, 3.8) is 0 Å². The molecule has 28 heavy (non-hydrogen) atoms. The van der Waals surface area contributed by atoms with Gasteiger partial charge in [0.15, 0.2) is 0 Å². The standard InChI is InChI=1S/C23H27N3O2/c1-15-9-10-16(2)22(11-15)28-14-19-7-6-8-20(12-19)23(27)24-17(3)21-13-26(5)25-18(21)4/h6-13,17H,14H2,1-5H3,(H,24,27). The molecule has 0 aliphatic carbocycles. The first-order chi connectivity index (χ1) is 13.3. The highest BCUT2D eigenvalue weighted by atomic mass is 16.5. The summed E-state index contributed by atoms with van der Waals surface area (Å²) in [4.78, 5) is 12.7. The first kappa shape index (κ1) is 19.7. The fourth-order valence-electron chi connectivity index (χ4n) is 3.23. The molecule has 0 saturated heterocycles. The van der Waals surface area contributed by atoms with Gasteiger partial charge in [-0.05, 0) is 62.6 Å². The summed E-state index contributed by atoms with van der Waals surface area (Å²) >= 11 is 0. The molecule has 1 heterocycles. The first-order valence-corrected chi connectivity index (χ1v) is 9.43. The third kappa shape index (κ3) is 4.60. The van der Waals surface area contributed by atoms with Crippen LogP contribution in [-0.4, -0.2) is 15.7 Å². The number of hydrogen-bond donors (Lipinski definition) is 1. The van der Waals surface area contributed by atoms with Crippen LogP contribution in [0.1, 0.15) is 51.3 Å². The summed E-state index contributed by atoms with van der Waals surface area (Å²) in [6.07, 6.45) is 1.94. The van der Waals surface area contributed by atoms with Crippen molar-refractivity contribution in [3.8, 4) is 5.75 Å². The third-order valence-corrected chi connectivity index (χ3v) is 4.79. The van der Waals surface area contributed by atoms with Gasteiger partial charge in [0.1, 0.15) is 12.4 Å². The summed E-state index contributed by atoms with van der Waals surface area (Å²) < 4.78 is 7.73. The molecule has 5 nitrogen and oxygen atoms in total. The maximum Gasteiger partial charge on any atom is 0.251 e. The third-order valence-electron chi connectivity index (χ3n) is 4.79. The van der Waals surface area contributed by atoms with Gasteiger partial charge in [-0.15, -0.1) is 0 Å². The van der Waals surface area contributed by atoms with Gasteiger partial charge in [0.25, 0.3) is 5.91 Å². The Hall–Kier alpha value is -3.08. The number of nitrogens with one attached hydrogen (secondary N) is 1. The summed E-state index contributed by atoms with van der Waals surface area (Å²) in [7, 11) is 1.88. The van der Waals surface area contributed by atoms with Crippen LogP contribution in [0.5, 0.6) is 5.75 Å². The van der Waals surface area contributed by atoms with Gasteiger partial charge in [0, 0.05) is 24.4 Å². The van der Waals surface area contributed by atoms with Crippen LogP contribution in [-0.2, 0) is 13.7 Å². The van der Waals surface area contributed by atoms with Crippen LogP contribution in [0.4, 0.5) is 0 Å². The second-order valence-electron chi connectivity index (χ2n) is 7.30. The van der Waals surface area contributed by atoms with Crippen molar-refractivity contribution < 1.29 is 9.53 Å². The van der Waals surface area contributed by atoms with E-state index in [4.69, 9.17) is 4.74 Å². The number of nitrogens with zero attached hydrogens (tertiary/aromatic N) is 2. The predicted molar refractivity (Wildman–Crippen MR) is 111 cm³/mol. The van der Waals surface area contributed by atoms with E-state index in [1.165, 1.54) is 0 Å². The molecule has 0 saturated carbocycles. The minimum absolute atomic E-state index is 0.107. The van der Waals surface area contributed by atoms with Crippen molar-refractivity contribution in [2.75, 3.05) is 0 Å². The van der Waals surface area contributed by atoms with Crippen molar-refractivity contribution >= 4 is 5.91 Å². The lowest BCUT2D eigenvalue weighted by Gasteiger charge is -2.14. The fraction of sp³-hybridized carbons (Fsp3) is 0.304. The number of rotatable bonds is 6. The van der Waals surface area contributed by atoms with Crippen LogP contribution in [0.2, 0.25) is 0 Å². The van der Waals surface area contributed by atoms with Gasteiger partial charge in [0.05, 0.1) is 11.7 Å². The van der Waals surface area contributed by atoms with Crippen LogP contribution in [0.25, 0.3) is 0 Å². The van der Waals surface area contributed by atoms with Gasteiger partial charge in [-0.25, -0.2) is 0 Å². The Labute approximate surface area is 166 Å². The normalized spacial score (nSPS) is 11.9. The topological polar surface area (TPSA) is 56.1 Å². The number of carbonyl (C=O) groups excluding carboxylic acids is 1. The van der Waals surface area contributed by atoms with Crippen LogP contribution >= 0.6 is 0 Å². The molecule has 0 fully saturated rings. The van der Waals surface area contributed by atoms with E-state index in [9.17, 15) is 4.79 Å². The van der Waals surface area contributed by atoms with E-state index in [0.29, 0.717) is 12.2 Å². The fourth-order valence-corrected chi connectivity index (χ4v) is 3.23. The van der Waals surface area contributed by atoms with E-state index < -0.39 is 0 Å². The van der Waals surface area contributed by atoms with E-state index in [0.717, 1.165) is 33.7 Å². The van der Waals surface area contributed by atoms with Crippen LogP contribution in [0.15, 0.2) is 48.7 Å². The highest BCUT2D eigenvalue weighted by Crippen LogP contribution is 2.21. The molecule has 0 bridgehead atoms. The van der Waals surface area contributed by atoms with E-state index >= 15 is 0 Å². The minimum Gasteiger partial charge on any atom is -0.489 e. The predicted octanol–water partition coefficient (Wildman–Crippen LogP) is 4.42. The minimum atomic E-state index is -0.115. The molecule has 3 aromatic rings. The lowest BCUT2D eigenvalue weighted by Crippen LogP contribution is -2.27. The summed E-state index contributed by atoms with van der Waals surface area (Å²) in [6.45, 7) is 8.41. The number of carbonyl (C=O) groups is 1. The number of benzene rings is 2. The van der Waals surface area contributed by atoms with E-state index in [1.54, 1.807) is 4.68 Å². The number of hydrogen-bond acceptors (Lipinski definition) is 3. The van der Waals surface area contributed by atoms with E-state index in [-0.39, 0.29) is 11.9 Å². The quantitative estimate of drug-likeness (QED) is 0.692. The Morgan fingerprint density at radius 1 is 1.18 bits per heavy atom. The molecule has 0 aliphatic rings. The Balaban J connectivity index is 1.67.